The van der Waals surface area contributed by atoms with Gasteiger partial charge in [0.25, 0.3) is 0 Å². The molecule has 6 heteroatoms. The van der Waals surface area contributed by atoms with Crippen LogP contribution >= 0.6 is 11.8 Å². The van der Waals surface area contributed by atoms with Crippen LogP contribution in [-0.2, 0) is 4.79 Å². The number of aromatic nitrogens is 4. The minimum atomic E-state index is -0.0708. The van der Waals surface area contributed by atoms with Crippen LogP contribution in [0.1, 0.15) is 32.7 Å². The summed E-state index contributed by atoms with van der Waals surface area (Å²) < 4.78 is 1.82. The van der Waals surface area contributed by atoms with Crippen LogP contribution in [0.4, 0.5) is 0 Å². The molecule has 0 amide bonds. The normalized spacial score (nSPS) is 18.1. The third-order valence-corrected chi connectivity index (χ3v) is 3.38. The number of hydrogen-bond acceptors (Lipinski definition) is 5. The first-order valence-corrected chi connectivity index (χ1v) is 5.51. The second kappa shape index (κ2) is 3.68. The number of hydrogen-bond donors (Lipinski definition) is 0. The summed E-state index contributed by atoms with van der Waals surface area (Å²) in [6, 6.07) is 0.464. The minimum Gasteiger partial charge on any atom is -0.299 e. The molecule has 1 fully saturated rings. The standard InChI is InChI=1S/C8H12N4OS/c1-5(13)6(2)14-8-9-10-11-12(8)7-3-4-7/h6-7H,3-4H2,1-2H3. The van der Waals surface area contributed by atoms with Gasteiger partial charge in [0.1, 0.15) is 5.78 Å². The molecule has 1 atom stereocenters. The van der Waals surface area contributed by atoms with E-state index in [1.54, 1.807) is 6.92 Å². The lowest BCUT2D eigenvalue weighted by molar-refractivity contribution is -0.116. The first-order valence-electron chi connectivity index (χ1n) is 4.63. The van der Waals surface area contributed by atoms with E-state index >= 15 is 0 Å². The lowest BCUT2D eigenvalue weighted by atomic mass is 10.3. The van der Waals surface area contributed by atoms with Crippen molar-refractivity contribution in [2.75, 3.05) is 0 Å². The van der Waals surface area contributed by atoms with E-state index in [9.17, 15) is 4.79 Å². The summed E-state index contributed by atoms with van der Waals surface area (Å²) in [5.41, 5.74) is 0. The third-order valence-electron chi connectivity index (χ3n) is 2.21. The Hall–Kier alpha value is -0.910. The van der Waals surface area contributed by atoms with Gasteiger partial charge in [-0.05, 0) is 37.1 Å². The van der Waals surface area contributed by atoms with Gasteiger partial charge in [0, 0.05) is 0 Å². The molecule has 5 nitrogen and oxygen atoms in total. The van der Waals surface area contributed by atoms with Crippen molar-refractivity contribution in [3.8, 4) is 0 Å². The highest BCUT2D eigenvalue weighted by Crippen LogP contribution is 2.37. The van der Waals surface area contributed by atoms with Crippen molar-refractivity contribution in [1.82, 2.24) is 20.2 Å². The number of carbonyl (C=O) groups is 1. The van der Waals surface area contributed by atoms with Crippen molar-refractivity contribution in [1.29, 1.82) is 0 Å². The van der Waals surface area contributed by atoms with Crippen LogP contribution in [0.25, 0.3) is 0 Å². The van der Waals surface area contributed by atoms with Crippen molar-refractivity contribution >= 4 is 17.5 Å². The molecule has 1 aromatic heterocycles. The predicted octanol–water partition coefficient (Wildman–Crippen LogP) is 1.08. The van der Waals surface area contributed by atoms with Gasteiger partial charge in [-0.25, -0.2) is 4.68 Å². The quantitative estimate of drug-likeness (QED) is 0.699. The zero-order valence-corrected chi connectivity index (χ0v) is 8.99. The lowest BCUT2D eigenvalue weighted by Gasteiger charge is -2.05. The highest BCUT2D eigenvalue weighted by molar-refractivity contribution is 8.00. The number of rotatable bonds is 4. The molecular formula is C8H12N4OS. The maximum Gasteiger partial charge on any atom is 0.210 e. The molecule has 0 spiro atoms. The molecule has 0 aliphatic heterocycles. The molecule has 2 rings (SSSR count). The Morgan fingerprint density at radius 3 is 2.93 bits per heavy atom. The molecular weight excluding hydrogens is 200 g/mol. The molecule has 1 heterocycles. The van der Waals surface area contributed by atoms with Crippen LogP contribution in [0.2, 0.25) is 0 Å². The monoisotopic (exact) mass is 212 g/mol. The topological polar surface area (TPSA) is 60.7 Å². The fraction of sp³-hybridized carbons (Fsp3) is 0.750. The SMILES string of the molecule is CC(=O)C(C)Sc1nnnn1C1CC1. The average Bonchev–Trinajstić information content (AvgIpc) is 2.88. The van der Waals surface area contributed by atoms with Gasteiger partial charge in [0.2, 0.25) is 5.16 Å². The molecule has 1 unspecified atom stereocenters. The van der Waals surface area contributed by atoms with Gasteiger partial charge in [-0.3, -0.25) is 4.79 Å². The zero-order valence-electron chi connectivity index (χ0n) is 8.17. The molecule has 0 bridgehead atoms. The van der Waals surface area contributed by atoms with Gasteiger partial charge in [0.15, 0.2) is 0 Å². The van der Waals surface area contributed by atoms with E-state index in [4.69, 9.17) is 0 Å². The fourth-order valence-electron chi connectivity index (χ4n) is 1.05. The van der Waals surface area contributed by atoms with Gasteiger partial charge < -0.3 is 0 Å². The van der Waals surface area contributed by atoms with Crippen molar-refractivity contribution < 1.29 is 4.79 Å². The number of ketones is 1. The third kappa shape index (κ3) is 1.95. The zero-order chi connectivity index (χ0) is 10.1. The molecule has 1 aliphatic rings. The molecule has 0 radical (unpaired) electrons. The smallest absolute Gasteiger partial charge is 0.210 e. The number of carbonyl (C=O) groups excluding carboxylic acids is 1. The van der Waals surface area contributed by atoms with E-state index in [1.807, 2.05) is 11.6 Å². The first-order chi connectivity index (χ1) is 6.68. The largest absolute Gasteiger partial charge is 0.299 e. The molecule has 76 valence electrons. The van der Waals surface area contributed by atoms with Gasteiger partial charge >= 0.3 is 0 Å². The van der Waals surface area contributed by atoms with Crippen LogP contribution in [0, 0.1) is 0 Å². The molecule has 1 aromatic rings. The Labute approximate surface area is 86.2 Å². The highest BCUT2D eigenvalue weighted by atomic mass is 32.2. The van der Waals surface area contributed by atoms with E-state index in [0.29, 0.717) is 6.04 Å². The summed E-state index contributed by atoms with van der Waals surface area (Å²) in [6.07, 6.45) is 2.29. The highest BCUT2D eigenvalue weighted by Gasteiger charge is 2.28. The molecule has 0 saturated heterocycles. The Balaban J connectivity index is 2.08. The van der Waals surface area contributed by atoms with Gasteiger partial charge in [-0.2, -0.15) is 0 Å². The summed E-state index contributed by atoms with van der Waals surface area (Å²) in [5, 5.41) is 12.1. The van der Waals surface area contributed by atoms with Gasteiger partial charge in [-0.1, -0.05) is 11.8 Å². The maximum absolute atomic E-state index is 11.1. The second-order valence-corrected chi connectivity index (χ2v) is 4.82. The summed E-state index contributed by atoms with van der Waals surface area (Å²) >= 11 is 1.43. The summed E-state index contributed by atoms with van der Waals surface area (Å²) in [6.45, 7) is 3.46. The van der Waals surface area contributed by atoms with Crippen LogP contribution in [0.5, 0.6) is 0 Å². The molecule has 14 heavy (non-hydrogen) atoms. The van der Waals surface area contributed by atoms with E-state index < -0.39 is 0 Å². The van der Waals surface area contributed by atoms with Crippen molar-refractivity contribution in [3.05, 3.63) is 0 Å². The molecule has 0 N–H and O–H groups in total. The lowest BCUT2D eigenvalue weighted by Crippen LogP contribution is -2.10. The summed E-state index contributed by atoms with van der Waals surface area (Å²) in [5.74, 6) is 0.153. The van der Waals surface area contributed by atoms with E-state index in [1.165, 1.54) is 11.8 Å². The molecule has 1 aliphatic carbocycles. The number of tetrazole rings is 1. The second-order valence-electron chi connectivity index (χ2n) is 3.51. The Bertz CT molecular complexity index is 347. The average molecular weight is 212 g/mol. The van der Waals surface area contributed by atoms with Crippen molar-refractivity contribution in [2.45, 2.75) is 43.1 Å². The van der Waals surface area contributed by atoms with E-state index in [-0.39, 0.29) is 11.0 Å². The van der Waals surface area contributed by atoms with Crippen LogP contribution in [0.15, 0.2) is 5.16 Å². The van der Waals surface area contributed by atoms with Gasteiger partial charge in [0.05, 0.1) is 11.3 Å². The number of thioether (sulfide) groups is 1. The van der Waals surface area contributed by atoms with E-state index in [0.717, 1.165) is 18.0 Å². The number of Topliss-reactive ketones (excluding diaryl/α,β-unsaturated/α-hetero) is 1. The summed E-state index contributed by atoms with van der Waals surface area (Å²) in [7, 11) is 0. The molecule has 1 saturated carbocycles. The van der Waals surface area contributed by atoms with Crippen molar-refractivity contribution in [2.24, 2.45) is 0 Å². The van der Waals surface area contributed by atoms with Crippen LogP contribution in [-0.4, -0.2) is 31.2 Å². The van der Waals surface area contributed by atoms with Crippen LogP contribution in [0.3, 0.4) is 0 Å². The predicted molar refractivity (Wildman–Crippen MR) is 52.1 cm³/mol. The van der Waals surface area contributed by atoms with E-state index in [2.05, 4.69) is 15.5 Å². The first kappa shape index (κ1) is 9.64. The van der Waals surface area contributed by atoms with Gasteiger partial charge in [-0.15, -0.1) is 5.10 Å². The Morgan fingerprint density at radius 2 is 2.36 bits per heavy atom. The maximum atomic E-state index is 11.1. The molecule has 0 aromatic carbocycles. The summed E-state index contributed by atoms with van der Waals surface area (Å²) in [4.78, 5) is 11.1. The number of nitrogens with zero attached hydrogens (tertiary/aromatic N) is 4. The van der Waals surface area contributed by atoms with Crippen molar-refractivity contribution in [3.63, 3.8) is 0 Å². The Morgan fingerprint density at radius 1 is 1.64 bits per heavy atom. The minimum absolute atomic E-state index is 0.0708. The van der Waals surface area contributed by atoms with Crippen LogP contribution < -0.4 is 0 Å². The Kier molecular flexibility index (Phi) is 2.54. The fourth-order valence-corrected chi connectivity index (χ4v) is 1.91.